The van der Waals surface area contributed by atoms with Crippen LogP contribution in [0.2, 0.25) is 0 Å². The molecule has 0 spiro atoms. The molecule has 2 N–H and O–H groups in total. The normalized spacial score (nSPS) is 9.71. The van der Waals surface area contributed by atoms with Gasteiger partial charge in [-0.25, -0.2) is 4.79 Å². The van der Waals surface area contributed by atoms with E-state index in [2.05, 4.69) is 10.6 Å². The van der Waals surface area contributed by atoms with Crippen molar-refractivity contribution in [2.24, 2.45) is 0 Å². The molecule has 2 aromatic carbocycles. The summed E-state index contributed by atoms with van der Waals surface area (Å²) < 4.78 is 5.26. The molecule has 0 aliphatic heterocycles. The van der Waals surface area contributed by atoms with Crippen LogP contribution in [-0.2, 0) is 4.79 Å². The van der Waals surface area contributed by atoms with E-state index in [1.807, 2.05) is 32.0 Å². The Morgan fingerprint density at radius 1 is 1.12 bits per heavy atom. The first-order valence-electron chi connectivity index (χ1n) is 7.29. The zero-order chi connectivity index (χ0) is 17.5. The number of urea groups is 1. The summed E-state index contributed by atoms with van der Waals surface area (Å²) in [5, 5.41) is 13.7. The van der Waals surface area contributed by atoms with Crippen LogP contribution in [0.3, 0.4) is 0 Å². The first-order chi connectivity index (χ1) is 11.5. The highest BCUT2D eigenvalue weighted by atomic mass is 16.5. The highest BCUT2D eigenvalue weighted by Gasteiger charge is 2.10. The smallest absolute Gasteiger partial charge is 0.325 e. The van der Waals surface area contributed by atoms with Crippen molar-refractivity contribution in [3.63, 3.8) is 0 Å². The van der Waals surface area contributed by atoms with Crippen molar-refractivity contribution in [1.29, 1.82) is 5.26 Å². The Balaban J connectivity index is 1.86. The lowest BCUT2D eigenvalue weighted by Gasteiger charge is -2.10. The number of benzene rings is 2. The van der Waals surface area contributed by atoms with Gasteiger partial charge in [-0.15, -0.1) is 0 Å². The van der Waals surface area contributed by atoms with Gasteiger partial charge in [-0.3, -0.25) is 10.1 Å². The fraction of sp³-hybridized carbons (Fsp3) is 0.167. The molecule has 0 aliphatic rings. The maximum atomic E-state index is 11.8. The van der Waals surface area contributed by atoms with E-state index in [1.165, 1.54) is 0 Å². The minimum absolute atomic E-state index is 0.296. The zero-order valence-corrected chi connectivity index (χ0v) is 13.4. The molecule has 0 radical (unpaired) electrons. The van der Waals surface area contributed by atoms with Gasteiger partial charge < -0.3 is 10.1 Å². The standard InChI is InChI=1S/C18H17N3O3/c1-12-7-8-15(9-13(12)2)20-18(23)21-17(22)11-24-16-6-4-3-5-14(16)10-19/h3-9H,11H2,1-2H3,(H2,20,21,22,23). The Kier molecular flexibility index (Phi) is 5.53. The second-order valence-electron chi connectivity index (χ2n) is 5.20. The molecule has 0 bridgehead atoms. The molecule has 0 aromatic heterocycles. The summed E-state index contributed by atoms with van der Waals surface area (Å²) >= 11 is 0. The molecule has 2 aromatic rings. The molecule has 0 atom stereocenters. The quantitative estimate of drug-likeness (QED) is 0.905. The fourth-order valence-electron chi connectivity index (χ4n) is 1.97. The Morgan fingerprint density at radius 2 is 1.88 bits per heavy atom. The molecule has 0 saturated carbocycles. The summed E-state index contributed by atoms with van der Waals surface area (Å²) in [7, 11) is 0. The van der Waals surface area contributed by atoms with Crippen LogP contribution < -0.4 is 15.4 Å². The monoisotopic (exact) mass is 323 g/mol. The lowest BCUT2D eigenvalue weighted by atomic mass is 10.1. The minimum Gasteiger partial charge on any atom is -0.482 e. The van der Waals surface area contributed by atoms with Crippen molar-refractivity contribution in [2.75, 3.05) is 11.9 Å². The predicted molar refractivity (Wildman–Crippen MR) is 89.7 cm³/mol. The van der Waals surface area contributed by atoms with Crippen LogP contribution >= 0.6 is 0 Å². The lowest BCUT2D eigenvalue weighted by molar-refractivity contribution is -0.121. The number of aryl methyl sites for hydroxylation is 2. The second-order valence-corrected chi connectivity index (χ2v) is 5.20. The van der Waals surface area contributed by atoms with Gasteiger partial charge in [0.05, 0.1) is 5.56 Å². The van der Waals surface area contributed by atoms with Crippen molar-refractivity contribution in [3.8, 4) is 11.8 Å². The lowest BCUT2D eigenvalue weighted by Crippen LogP contribution is -2.37. The third kappa shape index (κ3) is 4.58. The van der Waals surface area contributed by atoms with Gasteiger partial charge in [-0.05, 0) is 49.2 Å². The highest BCUT2D eigenvalue weighted by molar-refractivity contribution is 6.01. The van der Waals surface area contributed by atoms with Crippen LogP contribution in [0.15, 0.2) is 42.5 Å². The molecule has 0 aliphatic carbocycles. The maximum absolute atomic E-state index is 11.8. The van der Waals surface area contributed by atoms with Crippen molar-refractivity contribution < 1.29 is 14.3 Å². The number of rotatable bonds is 4. The number of imide groups is 1. The molecule has 24 heavy (non-hydrogen) atoms. The van der Waals surface area contributed by atoms with E-state index in [0.29, 0.717) is 17.0 Å². The van der Waals surface area contributed by atoms with Crippen molar-refractivity contribution in [1.82, 2.24) is 5.32 Å². The third-order valence-electron chi connectivity index (χ3n) is 3.38. The summed E-state index contributed by atoms with van der Waals surface area (Å²) in [4.78, 5) is 23.6. The zero-order valence-electron chi connectivity index (χ0n) is 13.4. The number of nitriles is 1. The molecule has 3 amide bonds. The first kappa shape index (κ1) is 17.0. The van der Waals surface area contributed by atoms with Crippen molar-refractivity contribution >= 4 is 17.6 Å². The van der Waals surface area contributed by atoms with Gasteiger partial charge in [-0.2, -0.15) is 5.26 Å². The van der Waals surface area contributed by atoms with E-state index in [9.17, 15) is 9.59 Å². The Labute approximate surface area is 140 Å². The number of nitrogens with zero attached hydrogens (tertiary/aromatic N) is 1. The van der Waals surface area contributed by atoms with Crippen molar-refractivity contribution in [3.05, 3.63) is 59.2 Å². The number of hydrogen-bond donors (Lipinski definition) is 2. The molecule has 0 heterocycles. The van der Waals surface area contributed by atoms with Crippen LogP contribution in [-0.4, -0.2) is 18.5 Å². The maximum Gasteiger partial charge on any atom is 0.325 e. The van der Waals surface area contributed by atoms with Crippen LogP contribution in [0.4, 0.5) is 10.5 Å². The minimum atomic E-state index is -0.638. The number of nitrogens with one attached hydrogen (secondary N) is 2. The molecule has 0 fully saturated rings. The van der Waals surface area contributed by atoms with E-state index < -0.39 is 11.9 Å². The summed E-state index contributed by atoms with van der Waals surface area (Å²) in [6.07, 6.45) is 0. The number of para-hydroxylation sites is 1. The molecular formula is C18H17N3O3. The van der Waals surface area contributed by atoms with E-state index in [0.717, 1.165) is 11.1 Å². The van der Waals surface area contributed by atoms with Crippen LogP contribution in [0, 0.1) is 25.2 Å². The third-order valence-corrected chi connectivity index (χ3v) is 3.38. The Bertz CT molecular complexity index is 809. The van der Waals surface area contributed by atoms with Crippen molar-refractivity contribution in [2.45, 2.75) is 13.8 Å². The molecule has 0 saturated heterocycles. The number of carbonyl (C=O) groups is 2. The number of anilines is 1. The highest BCUT2D eigenvalue weighted by Crippen LogP contribution is 2.16. The first-order valence-corrected chi connectivity index (χ1v) is 7.29. The van der Waals surface area contributed by atoms with E-state index in [1.54, 1.807) is 30.3 Å². The summed E-state index contributed by atoms with van der Waals surface area (Å²) in [5.41, 5.74) is 3.07. The van der Waals surface area contributed by atoms with E-state index in [-0.39, 0.29) is 6.61 Å². The number of amides is 3. The molecule has 6 nitrogen and oxygen atoms in total. The van der Waals surface area contributed by atoms with Gasteiger partial charge in [0.15, 0.2) is 6.61 Å². The van der Waals surface area contributed by atoms with Crippen LogP contribution in [0.1, 0.15) is 16.7 Å². The average molecular weight is 323 g/mol. The number of hydrogen-bond acceptors (Lipinski definition) is 4. The van der Waals surface area contributed by atoms with E-state index in [4.69, 9.17) is 10.00 Å². The van der Waals surface area contributed by atoms with Gasteiger partial charge in [0.25, 0.3) is 5.91 Å². The molecule has 2 rings (SSSR count). The van der Waals surface area contributed by atoms with Gasteiger partial charge in [-0.1, -0.05) is 18.2 Å². The van der Waals surface area contributed by atoms with Crippen LogP contribution in [0.25, 0.3) is 0 Å². The van der Waals surface area contributed by atoms with Gasteiger partial charge in [0, 0.05) is 5.69 Å². The van der Waals surface area contributed by atoms with E-state index >= 15 is 0 Å². The Hall–Kier alpha value is -3.33. The summed E-state index contributed by atoms with van der Waals surface area (Å²) in [6.45, 7) is 3.54. The molecule has 6 heteroatoms. The van der Waals surface area contributed by atoms with Gasteiger partial charge in [0.1, 0.15) is 11.8 Å². The second kappa shape index (κ2) is 7.79. The largest absolute Gasteiger partial charge is 0.482 e. The molecular weight excluding hydrogens is 306 g/mol. The van der Waals surface area contributed by atoms with Gasteiger partial charge >= 0.3 is 6.03 Å². The average Bonchev–Trinajstić information content (AvgIpc) is 2.56. The van der Waals surface area contributed by atoms with Crippen LogP contribution in [0.5, 0.6) is 5.75 Å². The summed E-state index contributed by atoms with van der Waals surface area (Å²) in [6, 6.07) is 13.3. The molecule has 0 unspecified atom stereocenters. The Morgan fingerprint density at radius 3 is 2.58 bits per heavy atom. The topological polar surface area (TPSA) is 91.2 Å². The number of carbonyl (C=O) groups excluding carboxylic acids is 2. The SMILES string of the molecule is Cc1ccc(NC(=O)NC(=O)COc2ccccc2C#N)cc1C. The molecule has 122 valence electrons. The van der Waals surface area contributed by atoms with Gasteiger partial charge in [0.2, 0.25) is 0 Å². The summed E-state index contributed by atoms with van der Waals surface area (Å²) in [5.74, 6) is -0.311. The fourth-order valence-corrected chi connectivity index (χ4v) is 1.97. The predicted octanol–water partition coefficient (Wildman–Crippen LogP) is 2.90. The number of ether oxygens (including phenoxy) is 1.